The molecule has 1 aromatic rings. The van der Waals surface area contributed by atoms with Gasteiger partial charge in [0.1, 0.15) is 6.04 Å². The van der Waals surface area contributed by atoms with Gasteiger partial charge in [-0.05, 0) is 25.0 Å². The van der Waals surface area contributed by atoms with Gasteiger partial charge < -0.3 is 11.1 Å². The summed E-state index contributed by atoms with van der Waals surface area (Å²) in [4.78, 5) is 15.2. The summed E-state index contributed by atoms with van der Waals surface area (Å²) in [7, 11) is -3.87. The Morgan fingerprint density at radius 3 is 2.94 bits per heavy atom. The molecule has 98 valence electrons. The first kappa shape index (κ1) is 12.8. The number of hydrogen-bond acceptors (Lipinski definition) is 5. The molecule has 2 rings (SSSR count). The zero-order valence-corrected chi connectivity index (χ0v) is 10.4. The van der Waals surface area contributed by atoms with Crippen LogP contribution >= 0.6 is 0 Å². The average Bonchev–Trinajstić information content (AvgIpc) is 2.32. The number of nitrogens with two attached hydrogens (primary N) is 1. The van der Waals surface area contributed by atoms with E-state index in [1.807, 2.05) is 0 Å². The van der Waals surface area contributed by atoms with Crippen LogP contribution in [0, 0.1) is 0 Å². The molecule has 8 heteroatoms. The van der Waals surface area contributed by atoms with Gasteiger partial charge in [-0.2, -0.15) is 4.72 Å². The highest BCUT2D eigenvalue weighted by atomic mass is 32.2. The third-order valence-electron chi connectivity index (χ3n) is 2.64. The quantitative estimate of drug-likeness (QED) is 0.666. The van der Waals surface area contributed by atoms with Crippen molar-refractivity contribution in [3.8, 4) is 0 Å². The van der Waals surface area contributed by atoms with Gasteiger partial charge in [0, 0.05) is 12.7 Å². The van der Waals surface area contributed by atoms with Crippen molar-refractivity contribution in [1.82, 2.24) is 15.0 Å². The Morgan fingerprint density at radius 2 is 2.28 bits per heavy atom. The maximum Gasteiger partial charge on any atom is 0.260 e. The second-order valence-corrected chi connectivity index (χ2v) is 5.63. The van der Waals surface area contributed by atoms with Crippen LogP contribution in [0.15, 0.2) is 23.4 Å². The van der Waals surface area contributed by atoms with E-state index in [1.165, 1.54) is 12.3 Å². The second-order valence-electron chi connectivity index (χ2n) is 4.00. The summed E-state index contributed by atoms with van der Waals surface area (Å²) in [6.07, 6.45) is 2.54. The fourth-order valence-corrected chi connectivity index (χ4v) is 3.04. The van der Waals surface area contributed by atoms with Crippen LogP contribution in [0.4, 0.5) is 5.69 Å². The third kappa shape index (κ3) is 2.59. The molecule has 1 saturated heterocycles. The minimum absolute atomic E-state index is 0.0567. The number of nitrogens with one attached hydrogen (secondary N) is 2. The van der Waals surface area contributed by atoms with Crippen molar-refractivity contribution < 1.29 is 13.2 Å². The number of nitrogen functional groups attached to an aromatic ring is 1. The predicted molar refractivity (Wildman–Crippen MR) is 65.0 cm³/mol. The maximum absolute atomic E-state index is 12.0. The number of anilines is 1. The standard InChI is InChI=1S/C10H14N4O3S/c11-7-3-1-6-13-10(7)18(16,17)14-8-4-2-5-12-9(8)15/h1,3,6,8,14H,2,4-5,11H2,(H,12,15). The summed E-state index contributed by atoms with van der Waals surface area (Å²) >= 11 is 0. The molecule has 1 aliphatic heterocycles. The first-order valence-corrected chi connectivity index (χ1v) is 6.99. The maximum atomic E-state index is 12.0. The van der Waals surface area contributed by atoms with E-state index < -0.39 is 16.1 Å². The number of rotatable bonds is 3. The Morgan fingerprint density at radius 1 is 1.50 bits per heavy atom. The van der Waals surface area contributed by atoms with Crippen LogP contribution in [0.5, 0.6) is 0 Å². The lowest BCUT2D eigenvalue weighted by molar-refractivity contribution is -0.124. The van der Waals surface area contributed by atoms with Crippen LogP contribution in [0.3, 0.4) is 0 Å². The van der Waals surface area contributed by atoms with Crippen molar-refractivity contribution in [1.29, 1.82) is 0 Å². The van der Waals surface area contributed by atoms with Gasteiger partial charge in [0.05, 0.1) is 5.69 Å². The molecule has 0 saturated carbocycles. The van der Waals surface area contributed by atoms with Crippen molar-refractivity contribution in [2.75, 3.05) is 12.3 Å². The van der Waals surface area contributed by atoms with Crippen LogP contribution < -0.4 is 15.8 Å². The Balaban J connectivity index is 2.22. The van der Waals surface area contributed by atoms with Gasteiger partial charge in [-0.25, -0.2) is 13.4 Å². The summed E-state index contributed by atoms with van der Waals surface area (Å²) in [5.41, 5.74) is 5.62. The lowest BCUT2D eigenvalue weighted by Crippen LogP contribution is -2.50. The highest BCUT2D eigenvalue weighted by Gasteiger charge is 2.29. The Kier molecular flexibility index (Phi) is 3.48. The first-order chi connectivity index (χ1) is 8.50. The van der Waals surface area contributed by atoms with Crippen molar-refractivity contribution >= 4 is 21.6 Å². The Labute approximate surface area is 105 Å². The molecule has 0 spiro atoms. The van der Waals surface area contributed by atoms with E-state index in [4.69, 9.17) is 5.73 Å². The second kappa shape index (κ2) is 4.91. The van der Waals surface area contributed by atoms with Crippen molar-refractivity contribution in [3.63, 3.8) is 0 Å². The molecule has 0 aliphatic carbocycles. The molecule has 0 aromatic carbocycles. The van der Waals surface area contributed by atoms with E-state index in [1.54, 1.807) is 6.07 Å². The summed E-state index contributed by atoms with van der Waals surface area (Å²) in [5.74, 6) is -0.320. The number of amides is 1. The van der Waals surface area contributed by atoms with E-state index in [0.29, 0.717) is 13.0 Å². The molecule has 1 amide bonds. The molecule has 1 fully saturated rings. The molecule has 1 atom stereocenters. The Bertz CT molecular complexity index is 558. The monoisotopic (exact) mass is 270 g/mol. The lowest BCUT2D eigenvalue weighted by atomic mass is 10.1. The van der Waals surface area contributed by atoms with Gasteiger partial charge in [-0.1, -0.05) is 0 Å². The molecule has 18 heavy (non-hydrogen) atoms. The van der Waals surface area contributed by atoms with Crippen LogP contribution in [0.1, 0.15) is 12.8 Å². The molecular weight excluding hydrogens is 256 g/mol. The predicted octanol–water partition coefficient (Wildman–Crippen LogP) is -0.779. The number of pyridine rings is 1. The molecular formula is C10H14N4O3S. The SMILES string of the molecule is Nc1cccnc1S(=O)(=O)NC1CCCNC1=O. The summed E-state index contributed by atoms with van der Waals surface area (Å²) < 4.78 is 26.4. The summed E-state index contributed by atoms with van der Waals surface area (Å²) in [6, 6.07) is 2.23. The molecule has 4 N–H and O–H groups in total. The molecule has 7 nitrogen and oxygen atoms in total. The fourth-order valence-electron chi connectivity index (χ4n) is 1.76. The normalized spacial score (nSPS) is 20.4. The van der Waals surface area contributed by atoms with E-state index >= 15 is 0 Å². The first-order valence-electron chi connectivity index (χ1n) is 5.51. The fraction of sp³-hybridized carbons (Fsp3) is 0.400. The van der Waals surface area contributed by atoms with Crippen molar-refractivity contribution in [2.45, 2.75) is 23.9 Å². The topological polar surface area (TPSA) is 114 Å². The summed E-state index contributed by atoms with van der Waals surface area (Å²) in [6.45, 7) is 0.572. The van der Waals surface area contributed by atoms with Crippen molar-refractivity contribution in [2.24, 2.45) is 0 Å². The van der Waals surface area contributed by atoms with Crippen LogP contribution in [0.2, 0.25) is 0 Å². The zero-order valence-electron chi connectivity index (χ0n) is 9.59. The molecule has 1 aromatic heterocycles. The van der Waals surface area contributed by atoms with Crippen molar-refractivity contribution in [3.05, 3.63) is 18.3 Å². The molecule has 1 aliphatic rings. The number of nitrogens with zero attached hydrogens (tertiary/aromatic N) is 1. The van der Waals surface area contributed by atoms with E-state index in [9.17, 15) is 13.2 Å². The smallest absolute Gasteiger partial charge is 0.260 e. The van der Waals surface area contributed by atoms with E-state index in [-0.39, 0.29) is 16.6 Å². The lowest BCUT2D eigenvalue weighted by Gasteiger charge is -2.22. The Hall–Kier alpha value is -1.67. The highest BCUT2D eigenvalue weighted by molar-refractivity contribution is 7.89. The zero-order chi connectivity index (χ0) is 13.2. The highest BCUT2D eigenvalue weighted by Crippen LogP contribution is 2.15. The van der Waals surface area contributed by atoms with Gasteiger partial charge in [0.2, 0.25) is 5.91 Å². The third-order valence-corrected chi connectivity index (χ3v) is 4.08. The largest absolute Gasteiger partial charge is 0.396 e. The number of aromatic nitrogens is 1. The van der Waals surface area contributed by atoms with E-state index in [0.717, 1.165) is 6.42 Å². The average molecular weight is 270 g/mol. The van der Waals surface area contributed by atoms with Crippen LogP contribution in [-0.2, 0) is 14.8 Å². The summed E-state index contributed by atoms with van der Waals surface area (Å²) in [5, 5.41) is 2.36. The number of carbonyl (C=O) groups is 1. The number of sulfonamides is 1. The molecule has 2 heterocycles. The molecule has 1 unspecified atom stereocenters. The number of hydrogen-bond donors (Lipinski definition) is 3. The van der Waals surface area contributed by atoms with Gasteiger partial charge in [-0.3, -0.25) is 4.79 Å². The van der Waals surface area contributed by atoms with Gasteiger partial charge >= 0.3 is 0 Å². The number of carbonyl (C=O) groups excluding carboxylic acids is 1. The van der Waals surface area contributed by atoms with Crippen LogP contribution in [-0.4, -0.2) is 31.9 Å². The minimum Gasteiger partial charge on any atom is -0.396 e. The van der Waals surface area contributed by atoms with Gasteiger partial charge in [-0.15, -0.1) is 0 Å². The molecule has 0 radical (unpaired) electrons. The number of piperidine rings is 1. The van der Waals surface area contributed by atoms with Gasteiger partial charge in [0.15, 0.2) is 5.03 Å². The molecule has 0 bridgehead atoms. The van der Waals surface area contributed by atoms with E-state index in [2.05, 4.69) is 15.0 Å². The minimum atomic E-state index is -3.87. The van der Waals surface area contributed by atoms with Crippen LogP contribution in [0.25, 0.3) is 0 Å². The van der Waals surface area contributed by atoms with Gasteiger partial charge in [0.25, 0.3) is 10.0 Å².